The maximum atomic E-state index is 13.1. The first-order valence-electron chi connectivity index (χ1n) is 5.26. The van der Waals surface area contributed by atoms with E-state index in [1.54, 1.807) is 12.1 Å². The summed E-state index contributed by atoms with van der Waals surface area (Å²) in [7, 11) is 0. The molecule has 0 bridgehead atoms. The van der Waals surface area contributed by atoms with E-state index in [1.165, 1.54) is 12.1 Å². The fourth-order valence-corrected chi connectivity index (χ4v) is 1.21. The van der Waals surface area contributed by atoms with Crippen molar-refractivity contribution in [2.75, 3.05) is 6.61 Å². The van der Waals surface area contributed by atoms with Gasteiger partial charge < -0.3 is 10.1 Å². The van der Waals surface area contributed by atoms with Crippen LogP contribution in [0, 0.1) is 5.82 Å². The van der Waals surface area contributed by atoms with Gasteiger partial charge in [-0.25, -0.2) is 4.39 Å². The second kappa shape index (κ2) is 6.10. The van der Waals surface area contributed by atoms with Crippen molar-refractivity contribution in [3.63, 3.8) is 0 Å². The summed E-state index contributed by atoms with van der Waals surface area (Å²) in [6, 6.07) is 6.25. The van der Waals surface area contributed by atoms with Crippen LogP contribution >= 0.6 is 0 Å². The fraction of sp³-hybridized carbons (Fsp3) is 0.417. The molecule has 16 heavy (non-hydrogen) atoms. The third-order valence-corrected chi connectivity index (χ3v) is 1.87. The number of rotatable bonds is 5. The Hall–Kier alpha value is -1.58. The molecule has 0 aliphatic heterocycles. The van der Waals surface area contributed by atoms with E-state index in [9.17, 15) is 9.18 Å². The molecule has 1 amide bonds. The van der Waals surface area contributed by atoms with E-state index >= 15 is 0 Å². The van der Waals surface area contributed by atoms with Crippen LogP contribution in [0.25, 0.3) is 0 Å². The molecule has 0 saturated carbocycles. The molecule has 0 atom stereocenters. The number of halogens is 1. The lowest BCUT2D eigenvalue weighted by Crippen LogP contribution is -2.31. The van der Waals surface area contributed by atoms with Crippen LogP contribution in [-0.2, 0) is 4.79 Å². The zero-order valence-electron chi connectivity index (χ0n) is 9.50. The second-order valence-corrected chi connectivity index (χ2v) is 3.75. The van der Waals surface area contributed by atoms with E-state index in [-0.39, 0.29) is 30.7 Å². The van der Waals surface area contributed by atoms with Gasteiger partial charge in [-0.05, 0) is 26.0 Å². The summed E-state index contributed by atoms with van der Waals surface area (Å²) in [4.78, 5) is 11.2. The maximum absolute atomic E-state index is 13.1. The monoisotopic (exact) mass is 225 g/mol. The Bertz CT molecular complexity index is 353. The van der Waals surface area contributed by atoms with Gasteiger partial charge in [-0.3, -0.25) is 4.79 Å². The van der Waals surface area contributed by atoms with Crippen LogP contribution in [0.3, 0.4) is 0 Å². The average Bonchev–Trinajstić information content (AvgIpc) is 2.19. The summed E-state index contributed by atoms with van der Waals surface area (Å²) in [5.41, 5.74) is 0. The number of hydrogen-bond acceptors (Lipinski definition) is 2. The van der Waals surface area contributed by atoms with Crippen molar-refractivity contribution < 1.29 is 13.9 Å². The number of hydrogen-bond donors (Lipinski definition) is 1. The number of ether oxygens (including phenoxy) is 1. The minimum Gasteiger partial charge on any atom is -0.490 e. The molecule has 1 aromatic rings. The predicted molar refractivity (Wildman–Crippen MR) is 59.8 cm³/mol. The molecule has 4 heteroatoms. The number of carbonyl (C=O) groups is 1. The molecule has 0 spiro atoms. The molecule has 0 aliphatic rings. The van der Waals surface area contributed by atoms with Gasteiger partial charge in [-0.15, -0.1) is 0 Å². The number of para-hydroxylation sites is 1. The quantitative estimate of drug-likeness (QED) is 0.833. The van der Waals surface area contributed by atoms with Crippen molar-refractivity contribution >= 4 is 5.91 Å². The highest BCUT2D eigenvalue weighted by Gasteiger charge is 2.05. The Kier molecular flexibility index (Phi) is 4.76. The minimum absolute atomic E-state index is 0.0914. The molecule has 0 saturated heterocycles. The van der Waals surface area contributed by atoms with Gasteiger partial charge in [0.05, 0.1) is 13.0 Å². The lowest BCUT2D eigenvalue weighted by Gasteiger charge is -2.09. The average molecular weight is 225 g/mol. The van der Waals surface area contributed by atoms with E-state index in [1.807, 2.05) is 13.8 Å². The number of carbonyl (C=O) groups excluding carboxylic acids is 1. The lowest BCUT2D eigenvalue weighted by molar-refractivity contribution is -0.122. The first-order valence-corrected chi connectivity index (χ1v) is 5.26. The molecular weight excluding hydrogens is 209 g/mol. The largest absolute Gasteiger partial charge is 0.490 e. The molecule has 0 aliphatic carbocycles. The van der Waals surface area contributed by atoms with Gasteiger partial charge in [0.1, 0.15) is 0 Å². The van der Waals surface area contributed by atoms with Gasteiger partial charge in [0.2, 0.25) is 5.91 Å². The highest BCUT2D eigenvalue weighted by Crippen LogP contribution is 2.15. The summed E-state index contributed by atoms with van der Waals surface area (Å²) < 4.78 is 18.3. The first kappa shape index (κ1) is 12.5. The highest BCUT2D eigenvalue weighted by atomic mass is 19.1. The van der Waals surface area contributed by atoms with E-state index in [2.05, 4.69) is 5.32 Å². The van der Waals surface area contributed by atoms with Crippen LogP contribution in [0.1, 0.15) is 20.3 Å². The molecule has 1 rings (SSSR count). The predicted octanol–water partition coefficient (Wildman–Crippen LogP) is 2.12. The Balaban J connectivity index is 2.31. The first-order chi connectivity index (χ1) is 7.59. The Morgan fingerprint density at radius 3 is 2.75 bits per heavy atom. The molecule has 0 fully saturated rings. The van der Waals surface area contributed by atoms with Crippen molar-refractivity contribution in [3.05, 3.63) is 30.1 Å². The second-order valence-electron chi connectivity index (χ2n) is 3.75. The van der Waals surface area contributed by atoms with Crippen molar-refractivity contribution in [1.29, 1.82) is 0 Å². The van der Waals surface area contributed by atoms with Gasteiger partial charge >= 0.3 is 0 Å². The van der Waals surface area contributed by atoms with Gasteiger partial charge in [-0.2, -0.15) is 0 Å². The third-order valence-electron chi connectivity index (χ3n) is 1.87. The van der Waals surface area contributed by atoms with E-state index in [0.29, 0.717) is 0 Å². The van der Waals surface area contributed by atoms with Crippen molar-refractivity contribution in [3.8, 4) is 5.75 Å². The summed E-state index contributed by atoms with van der Waals surface area (Å²) in [5, 5.41) is 2.73. The normalized spacial score (nSPS) is 10.2. The lowest BCUT2D eigenvalue weighted by atomic mass is 10.3. The Morgan fingerprint density at radius 2 is 2.12 bits per heavy atom. The summed E-state index contributed by atoms with van der Waals surface area (Å²) in [5.74, 6) is -0.321. The van der Waals surface area contributed by atoms with Crippen LogP contribution in [0.5, 0.6) is 5.75 Å². The molecule has 0 unspecified atom stereocenters. The third kappa shape index (κ3) is 4.29. The van der Waals surface area contributed by atoms with E-state index < -0.39 is 5.82 Å². The molecule has 88 valence electrons. The van der Waals surface area contributed by atoms with Gasteiger partial charge in [0.15, 0.2) is 11.6 Å². The fourth-order valence-electron chi connectivity index (χ4n) is 1.21. The maximum Gasteiger partial charge on any atom is 0.223 e. The Labute approximate surface area is 94.6 Å². The van der Waals surface area contributed by atoms with Crippen LogP contribution in [0.15, 0.2) is 24.3 Å². The SMILES string of the molecule is CC(C)NC(=O)CCOc1ccccc1F. The zero-order chi connectivity index (χ0) is 12.0. The molecule has 3 nitrogen and oxygen atoms in total. The van der Waals surface area contributed by atoms with Crippen LogP contribution < -0.4 is 10.1 Å². The van der Waals surface area contributed by atoms with E-state index in [4.69, 9.17) is 4.74 Å². The van der Waals surface area contributed by atoms with Crippen molar-refractivity contribution in [2.24, 2.45) is 0 Å². The number of nitrogens with one attached hydrogen (secondary N) is 1. The molecule has 1 N–H and O–H groups in total. The van der Waals surface area contributed by atoms with Crippen LogP contribution in [-0.4, -0.2) is 18.6 Å². The summed E-state index contributed by atoms with van der Waals surface area (Å²) >= 11 is 0. The van der Waals surface area contributed by atoms with Gasteiger partial charge in [0, 0.05) is 6.04 Å². The van der Waals surface area contributed by atoms with Crippen LogP contribution in [0.4, 0.5) is 4.39 Å². The minimum atomic E-state index is -0.410. The van der Waals surface area contributed by atoms with Crippen molar-refractivity contribution in [2.45, 2.75) is 26.3 Å². The van der Waals surface area contributed by atoms with Crippen molar-refractivity contribution in [1.82, 2.24) is 5.32 Å². The van der Waals surface area contributed by atoms with E-state index in [0.717, 1.165) is 0 Å². The number of amides is 1. The van der Waals surface area contributed by atoms with Gasteiger partial charge in [-0.1, -0.05) is 12.1 Å². The topological polar surface area (TPSA) is 38.3 Å². The standard InChI is InChI=1S/C12H16FNO2/c1-9(2)14-12(15)7-8-16-11-6-4-3-5-10(11)13/h3-6,9H,7-8H2,1-2H3,(H,14,15). The highest BCUT2D eigenvalue weighted by molar-refractivity contribution is 5.76. The summed E-state index contributed by atoms with van der Waals surface area (Å²) in [6.07, 6.45) is 0.229. The Morgan fingerprint density at radius 1 is 1.44 bits per heavy atom. The molecule has 1 aromatic carbocycles. The molecule has 0 heterocycles. The molecular formula is C12H16FNO2. The molecule has 0 aromatic heterocycles. The summed E-state index contributed by atoms with van der Waals surface area (Å²) in [6.45, 7) is 3.95. The van der Waals surface area contributed by atoms with Gasteiger partial charge in [0.25, 0.3) is 0 Å². The molecule has 0 radical (unpaired) electrons. The van der Waals surface area contributed by atoms with Crippen LogP contribution in [0.2, 0.25) is 0 Å². The number of benzene rings is 1. The smallest absolute Gasteiger partial charge is 0.223 e. The zero-order valence-corrected chi connectivity index (χ0v) is 9.50.